The van der Waals surface area contributed by atoms with E-state index in [2.05, 4.69) is 132 Å². The first-order valence-electron chi connectivity index (χ1n) is 20.4. The van der Waals surface area contributed by atoms with Crippen molar-refractivity contribution in [1.29, 1.82) is 0 Å². The molecule has 0 heterocycles. The molecule has 274 valence electrons. The number of hydrogen-bond acceptors (Lipinski definition) is 2. The van der Waals surface area contributed by atoms with Crippen LogP contribution < -0.4 is 5.32 Å². The van der Waals surface area contributed by atoms with Crippen molar-refractivity contribution in [2.24, 2.45) is 5.11 Å². The van der Waals surface area contributed by atoms with Crippen LogP contribution >= 0.6 is 0 Å². The first-order valence-corrected chi connectivity index (χ1v) is 20.4. The van der Waals surface area contributed by atoms with E-state index >= 15 is 0 Å². The van der Waals surface area contributed by atoms with Crippen LogP contribution in [0.2, 0.25) is 0 Å². The number of unbranched alkanes of at least 4 members (excludes halogenated alkanes) is 10. The first-order chi connectivity index (χ1) is 26.1. The van der Waals surface area contributed by atoms with Crippen molar-refractivity contribution in [3.05, 3.63) is 141 Å². The molecule has 4 nitrogen and oxygen atoms in total. The Kier molecular flexibility index (Phi) is 14.2. The normalized spacial score (nSPS) is 11.8. The first kappa shape index (κ1) is 38.0. The lowest BCUT2D eigenvalue weighted by Gasteiger charge is -2.19. The molecule has 1 aliphatic rings. The van der Waals surface area contributed by atoms with Gasteiger partial charge in [-0.25, -0.2) is 0 Å². The monoisotopic (exact) mass is 702 g/mol. The molecule has 6 rings (SSSR count). The fourth-order valence-electron chi connectivity index (χ4n) is 7.77. The van der Waals surface area contributed by atoms with Crippen molar-refractivity contribution < 1.29 is 0 Å². The summed E-state index contributed by atoms with van der Waals surface area (Å²) in [4.78, 5) is 2.88. The molecule has 0 bridgehead atoms. The summed E-state index contributed by atoms with van der Waals surface area (Å²) in [5, 5.41) is 7.38. The molecule has 0 atom stereocenters. The van der Waals surface area contributed by atoms with Crippen LogP contribution in [0.3, 0.4) is 0 Å². The molecule has 0 aromatic heterocycles. The molecule has 0 radical (unpaired) electrons. The van der Waals surface area contributed by atoms with Crippen LogP contribution in [0.15, 0.2) is 108 Å². The average Bonchev–Trinajstić information content (AvgIpc) is 3.17. The van der Waals surface area contributed by atoms with E-state index in [1.807, 2.05) is 0 Å². The molecule has 0 saturated heterocycles. The Morgan fingerprint density at radius 3 is 1.72 bits per heavy atom. The lowest BCUT2D eigenvalue weighted by Crippen LogP contribution is -2.07. The molecule has 5 aromatic rings. The van der Waals surface area contributed by atoms with Gasteiger partial charge in [0.25, 0.3) is 0 Å². The number of aryl methyl sites for hydroxylation is 5. The molecule has 1 N–H and O–H groups in total. The predicted molar refractivity (Wildman–Crippen MR) is 227 cm³/mol. The number of anilines is 2. The maximum Gasteiger partial charge on any atom is 0.0390 e. The highest BCUT2D eigenvalue weighted by Gasteiger charge is 2.15. The van der Waals surface area contributed by atoms with Crippen LogP contribution in [-0.4, -0.2) is 6.54 Å². The van der Waals surface area contributed by atoms with E-state index in [9.17, 15) is 0 Å². The van der Waals surface area contributed by atoms with Crippen molar-refractivity contribution in [1.82, 2.24) is 0 Å². The minimum atomic E-state index is 0.615. The Bertz CT molecular complexity index is 1950. The van der Waals surface area contributed by atoms with Gasteiger partial charge in [-0.3, -0.25) is 0 Å². The Balaban J connectivity index is 1.22. The number of rotatable bonds is 21. The lowest BCUT2D eigenvalue weighted by atomic mass is 9.86. The van der Waals surface area contributed by atoms with Crippen molar-refractivity contribution in [2.75, 3.05) is 11.9 Å². The predicted octanol–water partition coefficient (Wildman–Crippen LogP) is 14.9. The number of nitrogens with one attached hydrogen (secondary N) is 1. The highest BCUT2D eigenvalue weighted by atomic mass is 15.1. The largest absolute Gasteiger partial charge is 0.356 e. The van der Waals surface area contributed by atoms with E-state index in [0.29, 0.717) is 6.54 Å². The zero-order valence-corrected chi connectivity index (χ0v) is 32.2. The fraction of sp³-hybridized carbons (Fsp3) is 0.388. The molecule has 4 heteroatoms. The lowest BCUT2D eigenvalue weighted by molar-refractivity contribution is 0.597. The van der Waals surface area contributed by atoms with Gasteiger partial charge in [-0.2, -0.15) is 0 Å². The SMILES string of the molecule is CCCCCCCCc1cc(-c2ccc(C)cc2)c(CCCCCCCCN=[N+]=[N-])cc1-c1ccc(Nc2cccc(-c3ccc4c(c3)CC4)c2)cc1. The van der Waals surface area contributed by atoms with E-state index in [1.54, 1.807) is 0 Å². The van der Waals surface area contributed by atoms with Gasteiger partial charge in [0.05, 0.1) is 0 Å². The van der Waals surface area contributed by atoms with Crippen molar-refractivity contribution in [3.8, 4) is 33.4 Å². The minimum Gasteiger partial charge on any atom is -0.356 e. The van der Waals surface area contributed by atoms with Gasteiger partial charge in [-0.15, -0.1) is 0 Å². The Morgan fingerprint density at radius 2 is 1.11 bits per heavy atom. The number of azide groups is 1. The van der Waals surface area contributed by atoms with Crippen LogP contribution in [0.4, 0.5) is 11.4 Å². The second kappa shape index (κ2) is 19.9. The number of hydrogen-bond donors (Lipinski definition) is 1. The Hall–Kier alpha value is -4.79. The minimum absolute atomic E-state index is 0.615. The Morgan fingerprint density at radius 1 is 0.547 bits per heavy atom. The number of fused-ring (bicyclic) bond motifs is 1. The summed E-state index contributed by atoms with van der Waals surface area (Å²) >= 11 is 0. The topological polar surface area (TPSA) is 60.8 Å². The fourth-order valence-corrected chi connectivity index (χ4v) is 7.77. The molecular weight excluding hydrogens is 645 g/mol. The average molecular weight is 703 g/mol. The standard InChI is InChI=1S/C49H58N4/c1-3-4-5-6-9-12-16-45-35-48(39-22-20-37(2)21-23-39)44(17-13-10-7-8-11-14-32-51-53-50)36-49(45)40-28-30-46(31-29-40)52-47-19-15-18-41(34-47)43-27-25-38-24-26-42(38)33-43/h15,18-23,25,27-31,33-36,52H,3-14,16-17,24,26,32H2,1-2H3. The molecule has 0 unspecified atom stereocenters. The van der Waals surface area contributed by atoms with E-state index in [4.69, 9.17) is 5.53 Å². The van der Waals surface area contributed by atoms with Crippen molar-refractivity contribution in [3.63, 3.8) is 0 Å². The molecule has 0 spiro atoms. The van der Waals surface area contributed by atoms with Gasteiger partial charge in [0, 0.05) is 22.8 Å². The molecule has 0 saturated carbocycles. The number of benzene rings is 5. The molecule has 0 amide bonds. The Labute approximate surface area is 318 Å². The van der Waals surface area contributed by atoms with E-state index in [1.165, 1.54) is 138 Å². The second-order valence-electron chi connectivity index (χ2n) is 15.1. The highest BCUT2D eigenvalue weighted by Crippen LogP contribution is 2.36. The summed E-state index contributed by atoms with van der Waals surface area (Å²) in [6, 6.07) is 39.0. The van der Waals surface area contributed by atoms with Gasteiger partial charge in [0.15, 0.2) is 0 Å². The van der Waals surface area contributed by atoms with Crippen LogP contribution in [0.25, 0.3) is 43.8 Å². The van der Waals surface area contributed by atoms with E-state index in [-0.39, 0.29) is 0 Å². The third kappa shape index (κ3) is 10.9. The highest BCUT2D eigenvalue weighted by molar-refractivity contribution is 5.78. The number of nitrogens with zero attached hydrogens (tertiary/aromatic N) is 3. The third-order valence-electron chi connectivity index (χ3n) is 11.1. The molecule has 0 aliphatic heterocycles. The molecule has 53 heavy (non-hydrogen) atoms. The van der Waals surface area contributed by atoms with E-state index < -0.39 is 0 Å². The van der Waals surface area contributed by atoms with Gasteiger partial charge in [-0.1, -0.05) is 154 Å². The summed E-state index contributed by atoms with van der Waals surface area (Å²) in [5.74, 6) is 0. The zero-order chi connectivity index (χ0) is 36.7. The van der Waals surface area contributed by atoms with Crippen LogP contribution in [0, 0.1) is 6.92 Å². The molecule has 5 aromatic carbocycles. The zero-order valence-electron chi connectivity index (χ0n) is 32.2. The van der Waals surface area contributed by atoms with Crippen LogP contribution in [0.5, 0.6) is 0 Å². The second-order valence-corrected chi connectivity index (χ2v) is 15.1. The molecule has 0 fully saturated rings. The summed E-state index contributed by atoms with van der Waals surface area (Å²) < 4.78 is 0. The van der Waals surface area contributed by atoms with E-state index in [0.717, 1.165) is 37.1 Å². The smallest absolute Gasteiger partial charge is 0.0390 e. The van der Waals surface area contributed by atoms with Gasteiger partial charge in [0.1, 0.15) is 0 Å². The van der Waals surface area contributed by atoms with Gasteiger partial charge >= 0.3 is 0 Å². The van der Waals surface area contributed by atoms with Gasteiger partial charge in [-0.05, 0) is 137 Å². The van der Waals surface area contributed by atoms with Gasteiger partial charge in [0.2, 0.25) is 0 Å². The summed E-state index contributed by atoms with van der Waals surface area (Å²) in [6.45, 7) is 5.08. The van der Waals surface area contributed by atoms with Crippen LogP contribution in [0.1, 0.15) is 112 Å². The van der Waals surface area contributed by atoms with Crippen molar-refractivity contribution >= 4 is 11.4 Å². The van der Waals surface area contributed by atoms with Crippen molar-refractivity contribution in [2.45, 2.75) is 117 Å². The summed E-state index contributed by atoms with van der Waals surface area (Å²) in [5.41, 5.74) is 25.9. The third-order valence-corrected chi connectivity index (χ3v) is 11.1. The molecule has 1 aliphatic carbocycles. The maximum atomic E-state index is 8.53. The van der Waals surface area contributed by atoms with Gasteiger partial charge < -0.3 is 5.32 Å². The summed E-state index contributed by atoms with van der Waals surface area (Å²) in [6.07, 6.45) is 19.4. The van der Waals surface area contributed by atoms with Crippen LogP contribution in [-0.2, 0) is 25.7 Å². The molecular formula is C49H58N4. The summed E-state index contributed by atoms with van der Waals surface area (Å²) in [7, 11) is 0. The maximum absolute atomic E-state index is 8.53. The quantitative estimate of drug-likeness (QED) is 0.0352.